The van der Waals surface area contributed by atoms with Crippen LogP contribution in [0.4, 0.5) is 0 Å². The molecular weight excluding hydrogens is 348 g/mol. The molecule has 2 aromatic heterocycles. The number of rotatable bonds is 2. The first-order valence-electron chi connectivity index (χ1n) is 9.88. The fourth-order valence-electron chi connectivity index (χ4n) is 4.15. The van der Waals surface area contributed by atoms with Crippen LogP contribution in [0.3, 0.4) is 0 Å². The van der Waals surface area contributed by atoms with E-state index in [0.717, 1.165) is 39.6 Å². The standard InChI is InChI=1S/C24H32N2O2/c1-13-20(15(3)27-25-13)17-11-18(21-14(2)26-28-16(21)4)22(24(8,9)10)19(12-17)23(5,6)7/h11-12H,1-10H3. The van der Waals surface area contributed by atoms with Crippen LogP contribution >= 0.6 is 0 Å². The third-order valence-electron chi connectivity index (χ3n) is 5.32. The molecule has 4 heteroatoms. The summed E-state index contributed by atoms with van der Waals surface area (Å²) in [6.45, 7) is 21.6. The summed E-state index contributed by atoms with van der Waals surface area (Å²) in [6.07, 6.45) is 0. The van der Waals surface area contributed by atoms with Crippen LogP contribution < -0.4 is 0 Å². The van der Waals surface area contributed by atoms with Crippen molar-refractivity contribution >= 4 is 0 Å². The molecule has 0 saturated heterocycles. The van der Waals surface area contributed by atoms with Gasteiger partial charge in [0.1, 0.15) is 11.5 Å². The summed E-state index contributed by atoms with van der Waals surface area (Å²) in [5.41, 5.74) is 8.90. The van der Waals surface area contributed by atoms with Gasteiger partial charge in [-0.2, -0.15) is 0 Å². The highest BCUT2D eigenvalue weighted by Crippen LogP contribution is 2.45. The zero-order valence-electron chi connectivity index (χ0n) is 18.9. The van der Waals surface area contributed by atoms with Gasteiger partial charge in [0.05, 0.1) is 11.4 Å². The molecule has 28 heavy (non-hydrogen) atoms. The molecule has 0 bridgehead atoms. The molecule has 2 heterocycles. The van der Waals surface area contributed by atoms with E-state index in [2.05, 4.69) is 64.0 Å². The average Bonchev–Trinajstić information content (AvgIpc) is 3.06. The molecule has 0 saturated carbocycles. The van der Waals surface area contributed by atoms with Gasteiger partial charge in [-0.25, -0.2) is 0 Å². The van der Waals surface area contributed by atoms with E-state index < -0.39 is 0 Å². The number of benzene rings is 1. The van der Waals surface area contributed by atoms with E-state index >= 15 is 0 Å². The van der Waals surface area contributed by atoms with Crippen LogP contribution in [-0.2, 0) is 10.8 Å². The largest absolute Gasteiger partial charge is 0.361 e. The van der Waals surface area contributed by atoms with Crippen LogP contribution in [0.2, 0.25) is 0 Å². The maximum absolute atomic E-state index is 5.54. The molecule has 0 atom stereocenters. The Balaban J connectivity index is 2.50. The molecule has 3 rings (SSSR count). The molecule has 4 nitrogen and oxygen atoms in total. The van der Waals surface area contributed by atoms with Crippen LogP contribution in [0, 0.1) is 27.7 Å². The zero-order valence-corrected chi connectivity index (χ0v) is 18.9. The van der Waals surface area contributed by atoms with Gasteiger partial charge in [-0.1, -0.05) is 57.9 Å². The quantitative estimate of drug-likeness (QED) is 0.489. The molecule has 0 aliphatic rings. The Morgan fingerprint density at radius 1 is 0.679 bits per heavy atom. The van der Waals surface area contributed by atoms with E-state index in [1.165, 1.54) is 16.7 Å². The van der Waals surface area contributed by atoms with Crippen LogP contribution in [0.5, 0.6) is 0 Å². The lowest BCUT2D eigenvalue weighted by Crippen LogP contribution is -2.23. The zero-order chi connectivity index (χ0) is 21.0. The van der Waals surface area contributed by atoms with E-state index in [0.29, 0.717) is 0 Å². The first-order chi connectivity index (χ1) is 12.8. The predicted octanol–water partition coefficient (Wildman–Crippen LogP) is 6.83. The lowest BCUT2D eigenvalue weighted by atomic mass is 9.71. The van der Waals surface area contributed by atoms with Crippen molar-refractivity contribution in [3.05, 3.63) is 46.2 Å². The summed E-state index contributed by atoms with van der Waals surface area (Å²) in [4.78, 5) is 0. The Hall–Kier alpha value is -2.36. The van der Waals surface area contributed by atoms with Gasteiger partial charge in [-0.05, 0) is 66.8 Å². The summed E-state index contributed by atoms with van der Waals surface area (Å²) in [5.74, 6) is 1.68. The van der Waals surface area contributed by atoms with Gasteiger partial charge < -0.3 is 9.05 Å². The molecular formula is C24H32N2O2. The molecule has 0 aliphatic heterocycles. The molecule has 0 aliphatic carbocycles. The Morgan fingerprint density at radius 2 is 1.18 bits per heavy atom. The Labute approximate surface area is 168 Å². The molecule has 0 amide bonds. The van der Waals surface area contributed by atoms with Crippen molar-refractivity contribution in [2.45, 2.75) is 80.1 Å². The second-order valence-electron chi connectivity index (χ2n) is 9.84. The van der Waals surface area contributed by atoms with Gasteiger partial charge in [-0.3, -0.25) is 0 Å². The molecule has 0 unspecified atom stereocenters. The minimum Gasteiger partial charge on any atom is -0.361 e. The maximum Gasteiger partial charge on any atom is 0.141 e. The summed E-state index contributed by atoms with van der Waals surface area (Å²) < 4.78 is 11.0. The highest BCUT2D eigenvalue weighted by molar-refractivity contribution is 5.81. The van der Waals surface area contributed by atoms with Crippen molar-refractivity contribution in [3.8, 4) is 22.3 Å². The predicted molar refractivity (Wildman–Crippen MR) is 114 cm³/mol. The fraction of sp³-hybridized carbons (Fsp3) is 0.500. The first kappa shape index (κ1) is 20.4. The van der Waals surface area contributed by atoms with Gasteiger partial charge >= 0.3 is 0 Å². The summed E-state index contributed by atoms with van der Waals surface area (Å²) in [7, 11) is 0. The lowest BCUT2D eigenvalue weighted by molar-refractivity contribution is 0.393. The molecule has 150 valence electrons. The monoisotopic (exact) mass is 380 g/mol. The third kappa shape index (κ3) is 3.41. The number of hydrogen-bond acceptors (Lipinski definition) is 4. The summed E-state index contributed by atoms with van der Waals surface area (Å²) in [5, 5.41) is 8.41. The van der Waals surface area contributed by atoms with Crippen molar-refractivity contribution in [2.75, 3.05) is 0 Å². The second kappa shape index (κ2) is 6.61. The smallest absolute Gasteiger partial charge is 0.141 e. The first-order valence-corrected chi connectivity index (χ1v) is 9.88. The van der Waals surface area contributed by atoms with E-state index in [-0.39, 0.29) is 10.8 Å². The highest BCUT2D eigenvalue weighted by Gasteiger charge is 2.31. The molecule has 3 aromatic rings. The minimum atomic E-state index is -0.0363. The van der Waals surface area contributed by atoms with Crippen LogP contribution in [0.15, 0.2) is 21.2 Å². The number of aromatic nitrogens is 2. The minimum absolute atomic E-state index is 0.0225. The van der Waals surface area contributed by atoms with Crippen molar-refractivity contribution in [1.29, 1.82) is 0 Å². The number of hydrogen-bond donors (Lipinski definition) is 0. The van der Waals surface area contributed by atoms with Gasteiger partial charge in [0.2, 0.25) is 0 Å². The molecule has 0 spiro atoms. The highest BCUT2D eigenvalue weighted by atomic mass is 16.5. The molecule has 0 N–H and O–H groups in total. The maximum atomic E-state index is 5.54. The summed E-state index contributed by atoms with van der Waals surface area (Å²) in [6, 6.07) is 4.57. The van der Waals surface area contributed by atoms with Crippen molar-refractivity contribution in [2.24, 2.45) is 0 Å². The number of nitrogens with zero attached hydrogens (tertiary/aromatic N) is 2. The SMILES string of the molecule is Cc1noc(C)c1-c1cc(-c2c(C)noc2C)c(C(C)(C)C)c(C(C)(C)C)c1. The van der Waals surface area contributed by atoms with E-state index in [1.54, 1.807) is 0 Å². The molecule has 0 radical (unpaired) electrons. The van der Waals surface area contributed by atoms with Crippen molar-refractivity contribution in [1.82, 2.24) is 10.3 Å². The topological polar surface area (TPSA) is 52.1 Å². The number of aryl methyl sites for hydroxylation is 4. The van der Waals surface area contributed by atoms with Gasteiger partial charge in [0, 0.05) is 11.1 Å². The average molecular weight is 381 g/mol. The lowest BCUT2D eigenvalue weighted by Gasteiger charge is -2.33. The van der Waals surface area contributed by atoms with Crippen molar-refractivity contribution in [3.63, 3.8) is 0 Å². The van der Waals surface area contributed by atoms with E-state index in [4.69, 9.17) is 9.05 Å². The Bertz CT molecular complexity index is 985. The Kier molecular flexibility index (Phi) is 4.81. The summed E-state index contributed by atoms with van der Waals surface area (Å²) >= 11 is 0. The van der Waals surface area contributed by atoms with Gasteiger partial charge in [0.25, 0.3) is 0 Å². The van der Waals surface area contributed by atoms with Gasteiger partial charge in [0.15, 0.2) is 0 Å². The molecule has 0 fully saturated rings. The van der Waals surface area contributed by atoms with Crippen LogP contribution in [-0.4, -0.2) is 10.3 Å². The fourth-order valence-corrected chi connectivity index (χ4v) is 4.15. The van der Waals surface area contributed by atoms with Crippen LogP contribution in [0.25, 0.3) is 22.3 Å². The van der Waals surface area contributed by atoms with Gasteiger partial charge in [-0.15, -0.1) is 0 Å². The normalized spacial score (nSPS) is 12.6. The molecule has 1 aromatic carbocycles. The van der Waals surface area contributed by atoms with E-state index in [9.17, 15) is 0 Å². The van der Waals surface area contributed by atoms with Crippen LogP contribution in [0.1, 0.15) is 75.6 Å². The van der Waals surface area contributed by atoms with Crippen molar-refractivity contribution < 1.29 is 9.05 Å². The van der Waals surface area contributed by atoms with E-state index in [1.807, 2.05) is 27.7 Å². The third-order valence-corrected chi connectivity index (χ3v) is 5.32. The Morgan fingerprint density at radius 3 is 1.57 bits per heavy atom. The second-order valence-corrected chi connectivity index (χ2v) is 9.84.